The van der Waals surface area contributed by atoms with E-state index < -0.39 is 0 Å². The quantitative estimate of drug-likeness (QED) is 0.656. The summed E-state index contributed by atoms with van der Waals surface area (Å²) >= 11 is 1.65. The minimum Gasteiger partial charge on any atom is -0.352 e. The molecule has 0 bridgehead atoms. The summed E-state index contributed by atoms with van der Waals surface area (Å²) in [7, 11) is 0. The van der Waals surface area contributed by atoms with Crippen LogP contribution in [-0.2, 0) is 0 Å². The summed E-state index contributed by atoms with van der Waals surface area (Å²) in [5, 5.41) is 2.84. The normalized spacial score (nSPS) is 10.2. The van der Waals surface area contributed by atoms with Gasteiger partial charge in [0, 0.05) is 23.8 Å². The van der Waals surface area contributed by atoms with Gasteiger partial charge in [-0.15, -0.1) is 11.8 Å². The summed E-state index contributed by atoms with van der Waals surface area (Å²) < 4.78 is 12.7. The second-order valence-corrected chi connectivity index (χ2v) is 5.32. The van der Waals surface area contributed by atoms with Gasteiger partial charge in [-0.1, -0.05) is 0 Å². The van der Waals surface area contributed by atoms with Crippen molar-refractivity contribution in [2.75, 3.05) is 12.3 Å². The van der Waals surface area contributed by atoms with Crippen LogP contribution in [0.4, 0.5) is 4.39 Å². The third-order valence-corrected chi connectivity index (χ3v) is 3.71. The molecular weight excluding hydrogens is 275 g/mol. The third-order valence-electron chi connectivity index (χ3n) is 2.61. The highest BCUT2D eigenvalue weighted by Crippen LogP contribution is 2.18. The van der Waals surface area contributed by atoms with Gasteiger partial charge < -0.3 is 5.32 Å². The molecule has 1 aromatic carbocycles. The molecule has 5 heteroatoms. The van der Waals surface area contributed by atoms with Crippen LogP contribution in [0, 0.1) is 5.82 Å². The number of hydrogen-bond donors (Lipinski definition) is 1. The number of halogens is 1. The van der Waals surface area contributed by atoms with E-state index in [1.165, 1.54) is 12.1 Å². The number of aromatic nitrogens is 1. The van der Waals surface area contributed by atoms with E-state index in [-0.39, 0.29) is 11.7 Å². The Labute approximate surface area is 121 Å². The summed E-state index contributed by atoms with van der Waals surface area (Å²) in [6.07, 6.45) is 4.03. The molecule has 2 aromatic rings. The van der Waals surface area contributed by atoms with E-state index in [2.05, 4.69) is 10.3 Å². The van der Waals surface area contributed by atoms with Gasteiger partial charge in [-0.2, -0.15) is 0 Å². The van der Waals surface area contributed by atoms with E-state index >= 15 is 0 Å². The lowest BCUT2D eigenvalue weighted by atomic mass is 10.2. The van der Waals surface area contributed by atoms with Gasteiger partial charge >= 0.3 is 0 Å². The molecule has 2 rings (SSSR count). The Balaban J connectivity index is 1.64. The van der Waals surface area contributed by atoms with Crippen molar-refractivity contribution in [3.63, 3.8) is 0 Å². The van der Waals surface area contributed by atoms with Crippen LogP contribution < -0.4 is 5.32 Å². The molecule has 0 unspecified atom stereocenters. The summed E-state index contributed by atoms with van der Waals surface area (Å²) in [6, 6.07) is 9.89. The number of carbonyl (C=O) groups is 1. The monoisotopic (exact) mass is 290 g/mol. The lowest BCUT2D eigenvalue weighted by Gasteiger charge is -2.05. The number of carbonyl (C=O) groups excluding carboxylic acids is 1. The molecule has 1 heterocycles. The molecule has 0 aliphatic carbocycles. The average Bonchev–Trinajstić information content (AvgIpc) is 2.49. The van der Waals surface area contributed by atoms with Crippen LogP contribution in [-0.4, -0.2) is 23.2 Å². The van der Waals surface area contributed by atoms with Crippen molar-refractivity contribution >= 4 is 17.7 Å². The van der Waals surface area contributed by atoms with Crippen LogP contribution in [0.25, 0.3) is 0 Å². The number of hydrogen-bond acceptors (Lipinski definition) is 3. The summed E-state index contributed by atoms with van der Waals surface area (Å²) in [6.45, 7) is 0.613. The Bertz CT molecular complexity index is 546. The summed E-state index contributed by atoms with van der Waals surface area (Å²) in [5.74, 6) is 0.543. The number of thioether (sulfide) groups is 1. The van der Waals surface area contributed by atoms with Gasteiger partial charge in [-0.25, -0.2) is 4.39 Å². The van der Waals surface area contributed by atoms with E-state index in [1.807, 2.05) is 0 Å². The molecule has 3 nitrogen and oxygen atoms in total. The van der Waals surface area contributed by atoms with Gasteiger partial charge in [0.15, 0.2) is 0 Å². The largest absolute Gasteiger partial charge is 0.352 e. The van der Waals surface area contributed by atoms with Gasteiger partial charge in [-0.3, -0.25) is 9.78 Å². The van der Waals surface area contributed by atoms with Crippen LogP contribution in [0.3, 0.4) is 0 Å². The van der Waals surface area contributed by atoms with E-state index in [0.29, 0.717) is 12.1 Å². The lowest BCUT2D eigenvalue weighted by Crippen LogP contribution is -2.24. The van der Waals surface area contributed by atoms with Gasteiger partial charge in [0.05, 0.1) is 5.56 Å². The first kappa shape index (κ1) is 14.5. The Kier molecular flexibility index (Phi) is 5.55. The Morgan fingerprint density at radius 1 is 1.25 bits per heavy atom. The van der Waals surface area contributed by atoms with Gasteiger partial charge in [0.1, 0.15) is 5.82 Å². The molecule has 0 spiro atoms. The maximum absolute atomic E-state index is 12.7. The fourth-order valence-electron chi connectivity index (χ4n) is 1.59. The fourth-order valence-corrected chi connectivity index (χ4v) is 2.45. The Hall–Kier alpha value is -1.88. The smallest absolute Gasteiger partial charge is 0.252 e. The highest BCUT2D eigenvalue weighted by molar-refractivity contribution is 7.99. The maximum Gasteiger partial charge on any atom is 0.252 e. The molecule has 0 aliphatic heterocycles. The zero-order valence-corrected chi connectivity index (χ0v) is 11.7. The maximum atomic E-state index is 12.7. The first-order chi connectivity index (χ1) is 9.75. The minimum atomic E-state index is -0.224. The Morgan fingerprint density at radius 3 is 2.75 bits per heavy atom. The molecule has 20 heavy (non-hydrogen) atoms. The molecule has 1 amide bonds. The predicted molar refractivity (Wildman–Crippen MR) is 78.3 cm³/mol. The van der Waals surface area contributed by atoms with Crippen molar-refractivity contribution in [3.05, 3.63) is 60.2 Å². The third kappa shape index (κ3) is 4.66. The van der Waals surface area contributed by atoms with E-state index in [4.69, 9.17) is 0 Å². The summed E-state index contributed by atoms with van der Waals surface area (Å²) in [5.41, 5.74) is 0.568. The molecule has 0 radical (unpaired) electrons. The van der Waals surface area contributed by atoms with Gasteiger partial charge in [-0.05, 0) is 48.6 Å². The van der Waals surface area contributed by atoms with Crippen molar-refractivity contribution in [3.8, 4) is 0 Å². The number of nitrogens with zero attached hydrogens (tertiary/aromatic N) is 1. The van der Waals surface area contributed by atoms with E-state index in [0.717, 1.165) is 17.1 Å². The number of rotatable bonds is 6. The highest BCUT2D eigenvalue weighted by atomic mass is 32.2. The van der Waals surface area contributed by atoms with Crippen molar-refractivity contribution < 1.29 is 9.18 Å². The molecule has 0 saturated heterocycles. The molecule has 0 atom stereocenters. The zero-order valence-electron chi connectivity index (χ0n) is 10.9. The molecule has 1 N–H and O–H groups in total. The van der Waals surface area contributed by atoms with Crippen molar-refractivity contribution in [1.29, 1.82) is 0 Å². The molecule has 0 aliphatic rings. The fraction of sp³-hybridized carbons (Fsp3) is 0.200. The highest BCUT2D eigenvalue weighted by Gasteiger charge is 2.03. The van der Waals surface area contributed by atoms with Crippen LogP contribution in [0.5, 0.6) is 0 Å². The minimum absolute atomic E-state index is 0.107. The zero-order chi connectivity index (χ0) is 14.2. The SMILES string of the molecule is O=C(NCCCSc1ccc(F)cc1)c1cccnc1. The first-order valence-corrected chi connectivity index (χ1v) is 7.31. The molecular formula is C15H15FN2OS. The standard InChI is InChI=1S/C15H15FN2OS/c16-13-4-6-14(7-5-13)20-10-2-9-18-15(19)12-3-1-8-17-11-12/h1,3-8,11H,2,9-10H2,(H,18,19). The van der Waals surface area contributed by atoms with Gasteiger partial charge in [0.25, 0.3) is 5.91 Å². The molecule has 0 saturated carbocycles. The second-order valence-electron chi connectivity index (χ2n) is 4.15. The van der Waals surface area contributed by atoms with E-state index in [1.54, 1.807) is 48.4 Å². The molecule has 1 aromatic heterocycles. The molecule has 104 valence electrons. The van der Waals surface area contributed by atoms with Crippen LogP contribution >= 0.6 is 11.8 Å². The first-order valence-electron chi connectivity index (χ1n) is 6.32. The van der Waals surface area contributed by atoms with Crippen LogP contribution in [0.1, 0.15) is 16.8 Å². The topological polar surface area (TPSA) is 42.0 Å². The Morgan fingerprint density at radius 2 is 2.05 bits per heavy atom. The number of nitrogens with one attached hydrogen (secondary N) is 1. The lowest BCUT2D eigenvalue weighted by molar-refractivity contribution is 0.0953. The van der Waals surface area contributed by atoms with Gasteiger partial charge in [0.2, 0.25) is 0 Å². The van der Waals surface area contributed by atoms with Crippen LogP contribution in [0.15, 0.2) is 53.7 Å². The number of benzene rings is 1. The van der Waals surface area contributed by atoms with Crippen molar-refractivity contribution in [2.45, 2.75) is 11.3 Å². The number of pyridine rings is 1. The van der Waals surface area contributed by atoms with E-state index in [9.17, 15) is 9.18 Å². The average molecular weight is 290 g/mol. The second kappa shape index (κ2) is 7.65. The number of amides is 1. The van der Waals surface area contributed by atoms with Crippen LogP contribution in [0.2, 0.25) is 0 Å². The summed E-state index contributed by atoms with van der Waals surface area (Å²) in [4.78, 5) is 16.6. The molecule has 0 fully saturated rings. The van der Waals surface area contributed by atoms with Crippen molar-refractivity contribution in [2.24, 2.45) is 0 Å². The van der Waals surface area contributed by atoms with Crippen molar-refractivity contribution in [1.82, 2.24) is 10.3 Å². The predicted octanol–water partition coefficient (Wildman–Crippen LogP) is 3.13.